The normalized spacial score (nSPS) is 18.6. The zero-order valence-electron chi connectivity index (χ0n) is 21.9. The monoisotopic (exact) mass is 667 g/mol. The summed E-state index contributed by atoms with van der Waals surface area (Å²) in [6.45, 7) is 0. The summed E-state index contributed by atoms with van der Waals surface area (Å²) in [7, 11) is 2.88. The van der Waals surface area contributed by atoms with Crippen molar-refractivity contribution in [2.45, 2.75) is 22.3 Å². The second kappa shape index (κ2) is 22.0. The second-order valence-electron chi connectivity index (χ2n) is 6.90. The molecule has 0 bridgehead atoms. The number of fused-ring (bicyclic) bond motifs is 1. The Bertz CT molecular complexity index is 1020. The molecule has 3 rings (SSSR count). The molecular formula is C16H34N7NaO14S3. The van der Waals surface area contributed by atoms with E-state index in [1.54, 1.807) is 7.05 Å². The molecule has 25 heteroatoms. The Labute approximate surface area is 266 Å². The Morgan fingerprint density at radius 3 is 2.29 bits per heavy atom. The summed E-state index contributed by atoms with van der Waals surface area (Å²) >= 11 is 3.43. The summed E-state index contributed by atoms with van der Waals surface area (Å²) in [6, 6.07) is -1.13. The number of tetrazole rings is 1. The Hall–Kier alpha value is -1.62. The van der Waals surface area contributed by atoms with E-state index in [4.69, 9.17) is 15.6 Å². The van der Waals surface area contributed by atoms with Gasteiger partial charge in [0, 0.05) is 31.4 Å². The quantitative estimate of drug-likeness (QED) is 0.0853. The van der Waals surface area contributed by atoms with Crippen LogP contribution in [0.15, 0.2) is 16.4 Å². The number of hydrogen-bond acceptors (Lipinski definition) is 13. The standard InChI is InChI=1S/C16H21N7O7S3.Na.7H2O/c1-22-15(19-20-21-22)33-4-7-3-32-14-16(30-2,13(29)23(14)10(7)12(27)28)18-9(24)6-31-5-8(17)11(25)26;;;;;;;;/h8,14H,3-6,17H2,1-2H3,(H,18,24)(H,25,26)(H,27,28);;7*1H2/q;+1;;;;;;;/p-1/t8-,14+,16+;;;;;;;;/m1......../s1. The van der Waals surface area contributed by atoms with Crippen LogP contribution < -0.4 is 45.7 Å². The summed E-state index contributed by atoms with van der Waals surface area (Å²) < 4.78 is 6.78. The van der Waals surface area contributed by atoms with E-state index in [1.807, 2.05) is 0 Å². The summed E-state index contributed by atoms with van der Waals surface area (Å²) in [4.78, 5) is 49.1. The zero-order chi connectivity index (χ0) is 24.3. The zero-order valence-corrected chi connectivity index (χ0v) is 26.4. The number of amides is 2. The van der Waals surface area contributed by atoms with Crippen LogP contribution in [-0.4, -0.2) is 140 Å². The van der Waals surface area contributed by atoms with Crippen molar-refractivity contribution in [2.75, 3.05) is 30.1 Å². The van der Waals surface area contributed by atoms with Crippen LogP contribution in [0.3, 0.4) is 0 Å². The van der Waals surface area contributed by atoms with Gasteiger partial charge in [-0.1, -0.05) is 11.8 Å². The Morgan fingerprint density at radius 1 is 1.24 bits per heavy atom. The summed E-state index contributed by atoms with van der Waals surface area (Å²) in [5, 5.41) is 33.9. The number of thioether (sulfide) groups is 3. The molecule has 1 fully saturated rings. The summed E-state index contributed by atoms with van der Waals surface area (Å²) in [5.41, 5.74) is 3.84. The summed E-state index contributed by atoms with van der Waals surface area (Å²) in [5.74, 6) is -3.73. The maximum atomic E-state index is 13.0. The molecule has 0 radical (unpaired) electrons. The molecule has 41 heavy (non-hydrogen) atoms. The van der Waals surface area contributed by atoms with Gasteiger partial charge in [-0.3, -0.25) is 19.3 Å². The molecule has 21 nitrogen and oxygen atoms in total. The van der Waals surface area contributed by atoms with Crippen LogP contribution in [-0.2, 0) is 31.0 Å². The van der Waals surface area contributed by atoms with Gasteiger partial charge >= 0.3 is 35.5 Å². The van der Waals surface area contributed by atoms with Gasteiger partial charge in [0.15, 0.2) is 0 Å². The molecule has 236 valence electrons. The molecule has 0 aromatic carbocycles. The van der Waals surface area contributed by atoms with E-state index in [-0.39, 0.29) is 96.6 Å². The van der Waals surface area contributed by atoms with Gasteiger partial charge in [0.2, 0.25) is 11.1 Å². The average molecular weight is 668 g/mol. The number of aromatic nitrogens is 4. The van der Waals surface area contributed by atoms with Crippen LogP contribution in [0.5, 0.6) is 0 Å². The second-order valence-corrected chi connectivity index (χ2v) is 9.94. The number of carboxylic acids is 2. The van der Waals surface area contributed by atoms with Crippen molar-refractivity contribution in [2.24, 2.45) is 12.8 Å². The minimum atomic E-state index is -1.75. The third-order valence-corrected chi connectivity index (χ3v) is 8.29. The predicted molar refractivity (Wildman–Crippen MR) is 141 cm³/mol. The number of carbonyl (C=O) groups excluding carboxylic acids is 3. The Morgan fingerprint density at radius 2 is 1.83 bits per heavy atom. The number of aryl methyl sites for hydroxylation is 1. The first-order valence-electron chi connectivity index (χ1n) is 9.28. The van der Waals surface area contributed by atoms with Crippen molar-refractivity contribution >= 4 is 59.0 Å². The first-order valence-corrected chi connectivity index (χ1v) is 12.5. The first kappa shape index (κ1) is 52.1. The molecule has 2 amide bonds. The SMILES string of the molecule is CO[C@@]1(NC(=O)CSC[C@@H](N)C(=O)O)C(=O)N2C(C(=O)[O-])=C(CSc3nnnn3C)CS[C@H]21.O.O.O.O.O.O.O.[Na+]. The minimum Gasteiger partial charge on any atom is -0.543 e. The third kappa shape index (κ3) is 10.9. The van der Waals surface area contributed by atoms with Crippen LogP contribution in [0.4, 0.5) is 0 Å². The van der Waals surface area contributed by atoms with Gasteiger partial charge in [0.1, 0.15) is 11.4 Å². The fourth-order valence-electron chi connectivity index (χ4n) is 3.13. The predicted octanol–water partition coefficient (Wildman–Crippen LogP) is -11.9. The fraction of sp³-hybridized carbons (Fsp3) is 0.562. The minimum absolute atomic E-state index is 0. The van der Waals surface area contributed by atoms with Gasteiger partial charge in [-0.25, -0.2) is 4.68 Å². The van der Waals surface area contributed by atoms with E-state index in [1.165, 1.54) is 35.3 Å². The van der Waals surface area contributed by atoms with E-state index in [2.05, 4.69) is 20.8 Å². The first-order chi connectivity index (χ1) is 15.6. The number of rotatable bonds is 11. The van der Waals surface area contributed by atoms with Crippen molar-refractivity contribution in [3.8, 4) is 0 Å². The number of carboxylic acid groups (broad SMARTS) is 2. The molecule has 0 unspecified atom stereocenters. The van der Waals surface area contributed by atoms with Crippen LogP contribution >= 0.6 is 35.3 Å². The molecule has 0 aliphatic carbocycles. The van der Waals surface area contributed by atoms with Gasteiger partial charge in [-0.2, -0.15) is 0 Å². The summed E-state index contributed by atoms with van der Waals surface area (Å²) in [6.07, 6.45) is 0. The maximum Gasteiger partial charge on any atom is 1.00 e. The van der Waals surface area contributed by atoms with Crippen molar-refractivity contribution in [3.05, 3.63) is 11.3 Å². The molecule has 0 saturated carbocycles. The van der Waals surface area contributed by atoms with Crippen molar-refractivity contribution in [3.63, 3.8) is 0 Å². The maximum absolute atomic E-state index is 13.0. The van der Waals surface area contributed by atoms with E-state index >= 15 is 0 Å². The van der Waals surface area contributed by atoms with E-state index in [0.717, 1.165) is 16.7 Å². The van der Waals surface area contributed by atoms with E-state index in [9.17, 15) is 24.3 Å². The Kier molecular flexibility index (Phi) is 27.9. The number of methoxy groups -OCH3 is 1. The van der Waals surface area contributed by atoms with Gasteiger partial charge in [0.05, 0.1) is 17.4 Å². The van der Waals surface area contributed by atoms with Gasteiger partial charge < -0.3 is 69.1 Å². The third-order valence-electron chi connectivity index (χ3n) is 4.75. The topological polar surface area (TPSA) is 426 Å². The molecule has 2 aliphatic heterocycles. The van der Waals surface area contributed by atoms with Crippen molar-refractivity contribution in [1.29, 1.82) is 0 Å². The van der Waals surface area contributed by atoms with E-state index in [0.29, 0.717) is 10.7 Å². The van der Waals surface area contributed by atoms with Crippen LogP contribution in [0, 0.1) is 0 Å². The molecule has 18 N–H and O–H groups in total. The number of nitrogens with zero attached hydrogens (tertiary/aromatic N) is 5. The number of β-lactam (4-membered cyclic amide) rings is 1. The van der Waals surface area contributed by atoms with Crippen LogP contribution in [0.25, 0.3) is 0 Å². The molecule has 1 saturated heterocycles. The fourth-order valence-corrected chi connectivity index (χ4v) is 6.33. The number of nitrogens with two attached hydrogens (primary N) is 1. The van der Waals surface area contributed by atoms with Crippen molar-refractivity contribution in [1.82, 2.24) is 30.4 Å². The van der Waals surface area contributed by atoms with Crippen molar-refractivity contribution < 1.29 is 102 Å². The van der Waals surface area contributed by atoms with Gasteiger partial charge in [0.25, 0.3) is 11.6 Å². The number of hydrogen-bond donors (Lipinski definition) is 3. The molecule has 2 aliphatic rings. The number of ether oxygens (including phenoxy) is 1. The largest absolute Gasteiger partial charge is 1.00 e. The average Bonchev–Trinajstić information content (AvgIpc) is 3.19. The van der Waals surface area contributed by atoms with Crippen LogP contribution in [0.2, 0.25) is 0 Å². The molecule has 3 heterocycles. The number of aliphatic carboxylic acids is 2. The number of carbonyl (C=O) groups is 4. The molecule has 3 atom stereocenters. The van der Waals surface area contributed by atoms with Gasteiger partial charge in [-0.15, -0.1) is 28.6 Å². The molecule has 1 aromatic heterocycles. The van der Waals surface area contributed by atoms with Crippen LogP contribution in [0.1, 0.15) is 0 Å². The smallest absolute Gasteiger partial charge is 0.543 e. The Balaban J connectivity index is -0.000000383. The molecule has 1 aromatic rings. The number of nitrogens with one attached hydrogen (secondary N) is 1. The molecule has 0 spiro atoms. The molecular weight excluding hydrogens is 633 g/mol. The van der Waals surface area contributed by atoms with E-state index < -0.39 is 40.9 Å². The van der Waals surface area contributed by atoms with Gasteiger partial charge in [-0.05, 0) is 16.0 Å².